The molecular formula is C14H23NO9. The number of hydrogen-bond donors (Lipinski definition) is 5. The smallest absolute Gasteiger partial charge is 0.347 e. The number of carbonyl (C=O) groups excluding carboxylic acids is 2. The number of esters is 2. The van der Waals surface area contributed by atoms with Crippen LogP contribution in [0.1, 0.15) is 13.8 Å². The summed E-state index contributed by atoms with van der Waals surface area (Å²) in [7, 11) is 0. The third-order valence-electron chi connectivity index (χ3n) is 3.27. The van der Waals surface area contributed by atoms with Gasteiger partial charge in [0.2, 0.25) is 0 Å². The van der Waals surface area contributed by atoms with Gasteiger partial charge in [-0.2, -0.15) is 0 Å². The molecule has 0 amide bonds. The molecule has 138 valence electrons. The predicted molar refractivity (Wildman–Crippen MR) is 78.3 cm³/mol. The Morgan fingerprint density at radius 1 is 1.04 bits per heavy atom. The summed E-state index contributed by atoms with van der Waals surface area (Å²) in [6.45, 7) is 2.60. The summed E-state index contributed by atoms with van der Waals surface area (Å²) < 4.78 is 14.7. The Bertz CT molecular complexity index is 445. The van der Waals surface area contributed by atoms with E-state index in [0.717, 1.165) is 6.20 Å². The fraction of sp³-hybridized carbons (Fsp3) is 0.714. The highest BCUT2D eigenvalue weighted by Crippen LogP contribution is 2.19. The van der Waals surface area contributed by atoms with Crippen molar-refractivity contribution in [3.05, 3.63) is 11.8 Å². The first-order chi connectivity index (χ1) is 11.4. The largest absolute Gasteiger partial charge is 0.462 e. The second-order valence-electron chi connectivity index (χ2n) is 4.92. The standard InChI is InChI=1S/C14H23NO9/c1-3-22-13(20)7(14(21)23-4-2)5-15-12-11(19)10(18)9(17)8(6-16)24-12/h5,8-12,15-19H,3-4,6H2,1-2H3/t8-,9-,10+,11-,12-/m1/s1. The van der Waals surface area contributed by atoms with Gasteiger partial charge in [-0.05, 0) is 13.8 Å². The number of ether oxygens (including phenoxy) is 3. The monoisotopic (exact) mass is 349 g/mol. The molecule has 1 rings (SSSR count). The second-order valence-corrected chi connectivity index (χ2v) is 4.92. The highest BCUT2D eigenvalue weighted by atomic mass is 16.6. The zero-order valence-corrected chi connectivity index (χ0v) is 13.4. The number of aliphatic hydroxyl groups is 4. The van der Waals surface area contributed by atoms with Crippen LogP contribution in [0.3, 0.4) is 0 Å². The maximum Gasteiger partial charge on any atom is 0.347 e. The van der Waals surface area contributed by atoms with Gasteiger partial charge in [-0.15, -0.1) is 0 Å². The number of carbonyl (C=O) groups is 2. The first kappa shape index (κ1) is 20.3. The van der Waals surface area contributed by atoms with E-state index in [2.05, 4.69) is 5.32 Å². The molecule has 1 aliphatic heterocycles. The minimum atomic E-state index is -1.59. The number of aliphatic hydroxyl groups excluding tert-OH is 4. The van der Waals surface area contributed by atoms with E-state index in [9.17, 15) is 24.9 Å². The van der Waals surface area contributed by atoms with Crippen LogP contribution >= 0.6 is 0 Å². The van der Waals surface area contributed by atoms with Crippen LogP contribution in [0.15, 0.2) is 11.8 Å². The van der Waals surface area contributed by atoms with E-state index >= 15 is 0 Å². The van der Waals surface area contributed by atoms with Crippen molar-refractivity contribution < 1.29 is 44.2 Å². The Morgan fingerprint density at radius 2 is 1.58 bits per heavy atom. The van der Waals surface area contributed by atoms with E-state index in [-0.39, 0.29) is 13.2 Å². The molecule has 0 saturated carbocycles. The van der Waals surface area contributed by atoms with Gasteiger partial charge in [0.05, 0.1) is 19.8 Å². The lowest BCUT2D eigenvalue weighted by molar-refractivity contribution is -0.233. The molecule has 1 heterocycles. The van der Waals surface area contributed by atoms with Gasteiger partial charge < -0.3 is 40.0 Å². The van der Waals surface area contributed by atoms with Gasteiger partial charge in [0.25, 0.3) is 0 Å². The zero-order chi connectivity index (χ0) is 18.3. The van der Waals surface area contributed by atoms with Crippen LogP contribution in [-0.4, -0.2) is 82.8 Å². The normalized spacial score (nSPS) is 29.5. The summed E-state index contributed by atoms with van der Waals surface area (Å²) in [4.78, 5) is 23.6. The summed E-state index contributed by atoms with van der Waals surface area (Å²) >= 11 is 0. The molecule has 5 atom stereocenters. The Kier molecular flexibility index (Phi) is 8.08. The molecule has 0 aromatic heterocycles. The molecule has 0 aliphatic carbocycles. The summed E-state index contributed by atoms with van der Waals surface area (Å²) in [5, 5.41) is 40.8. The molecule has 10 nitrogen and oxygen atoms in total. The molecular weight excluding hydrogens is 326 g/mol. The lowest BCUT2D eigenvalue weighted by atomic mass is 9.98. The molecule has 24 heavy (non-hydrogen) atoms. The molecule has 0 aromatic rings. The van der Waals surface area contributed by atoms with Gasteiger partial charge >= 0.3 is 11.9 Å². The Labute approximate surface area is 138 Å². The minimum absolute atomic E-state index is 0.0373. The molecule has 10 heteroatoms. The van der Waals surface area contributed by atoms with Crippen LogP contribution in [0, 0.1) is 0 Å². The number of hydrogen-bond acceptors (Lipinski definition) is 10. The minimum Gasteiger partial charge on any atom is -0.462 e. The summed E-state index contributed by atoms with van der Waals surface area (Å²) in [6, 6.07) is 0. The van der Waals surface area contributed by atoms with E-state index in [1.165, 1.54) is 0 Å². The molecule has 1 saturated heterocycles. The van der Waals surface area contributed by atoms with Gasteiger partial charge in [-0.25, -0.2) is 9.59 Å². The Morgan fingerprint density at radius 3 is 2.04 bits per heavy atom. The first-order valence-corrected chi connectivity index (χ1v) is 7.48. The average Bonchev–Trinajstić information content (AvgIpc) is 2.55. The summed E-state index contributed by atoms with van der Waals surface area (Å²) in [6.07, 6.45) is -6.13. The van der Waals surface area contributed by atoms with Gasteiger partial charge in [-0.1, -0.05) is 0 Å². The van der Waals surface area contributed by atoms with E-state index in [1.54, 1.807) is 13.8 Å². The lowest BCUT2D eigenvalue weighted by Gasteiger charge is -2.40. The van der Waals surface area contributed by atoms with Crippen LogP contribution in [0.2, 0.25) is 0 Å². The molecule has 1 aliphatic rings. The topological polar surface area (TPSA) is 155 Å². The van der Waals surface area contributed by atoms with Crippen molar-refractivity contribution in [3.8, 4) is 0 Å². The third kappa shape index (κ3) is 4.89. The van der Waals surface area contributed by atoms with Crippen molar-refractivity contribution >= 4 is 11.9 Å². The van der Waals surface area contributed by atoms with Gasteiger partial charge in [0.15, 0.2) is 11.8 Å². The van der Waals surface area contributed by atoms with Crippen molar-refractivity contribution in [2.75, 3.05) is 19.8 Å². The lowest BCUT2D eigenvalue weighted by Crippen LogP contribution is -2.61. The van der Waals surface area contributed by atoms with E-state index in [4.69, 9.17) is 19.3 Å². The van der Waals surface area contributed by atoms with Crippen LogP contribution in [-0.2, 0) is 23.8 Å². The predicted octanol–water partition coefficient (Wildman–Crippen LogP) is -2.61. The summed E-state index contributed by atoms with van der Waals surface area (Å²) in [5.74, 6) is -1.87. The van der Waals surface area contributed by atoms with Crippen LogP contribution in [0.25, 0.3) is 0 Å². The van der Waals surface area contributed by atoms with Crippen LogP contribution in [0.4, 0.5) is 0 Å². The number of nitrogens with one attached hydrogen (secondary N) is 1. The second kappa shape index (κ2) is 9.55. The highest BCUT2D eigenvalue weighted by molar-refractivity contribution is 6.13. The maximum atomic E-state index is 11.8. The zero-order valence-electron chi connectivity index (χ0n) is 13.4. The SMILES string of the molecule is CCOC(=O)C(=CN[C@@H]1O[C@H](CO)[C@@H](O)[C@H](O)[C@H]1O)C(=O)OCC. The quantitative estimate of drug-likeness (QED) is 0.143. The maximum absolute atomic E-state index is 11.8. The molecule has 0 bridgehead atoms. The van der Waals surface area contributed by atoms with E-state index < -0.39 is 54.8 Å². The van der Waals surface area contributed by atoms with Crippen LogP contribution in [0.5, 0.6) is 0 Å². The molecule has 0 radical (unpaired) electrons. The van der Waals surface area contributed by atoms with Crippen molar-refractivity contribution in [3.63, 3.8) is 0 Å². The molecule has 5 N–H and O–H groups in total. The van der Waals surface area contributed by atoms with Gasteiger partial charge in [0.1, 0.15) is 24.4 Å². The average molecular weight is 349 g/mol. The molecule has 0 spiro atoms. The fourth-order valence-electron chi connectivity index (χ4n) is 2.02. The van der Waals surface area contributed by atoms with Crippen molar-refractivity contribution in [2.45, 2.75) is 44.5 Å². The van der Waals surface area contributed by atoms with E-state index in [1.807, 2.05) is 0 Å². The Hall–Kier alpha value is -1.72. The van der Waals surface area contributed by atoms with Crippen molar-refractivity contribution in [1.82, 2.24) is 5.32 Å². The number of rotatable bonds is 7. The van der Waals surface area contributed by atoms with E-state index in [0.29, 0.717) is 0 Å². The third-order valence-corrected chi connectivity index (χ3v) is 3.27. The fourth-order valence-corrected chi connectivity index (χ4v) is 2.02. The van der Waals surface area contributed by atoms with Gasteiger partial charge in [-0.3, -0.25) is 0 Å². The highest BCUT2D eigenvalue weighted by Gasteiger charge is 2.43. The van der Waals surface area contributed by atoms with Crippen molar-refractivity contribution in [1.29, 1.82) is 0 Å². The molecule has 0 aromatic carbocycles. The first-order valence-electron chi connectivity index (χ1n) is 7.48. The summed E-state index contributed by atoms with van der Waals surface area (Å²) in [5.41, 5.74) is -0.462. The molecule has 1 fully saturated rings. The van der Waals surface area contributed by atoms with Crippen molar-refractivity contribution in [2.24, 2.45) is 0 Å². The molecule has 0 unspecified atom stereocenters. The van der Waals surface area contributed by atoms with Crippen LogP contribution < -0.4 is 5.32 Å². The van der Waals surface area contributed by atoms with Gasteiger partial charge in [0, 0.05) is 6.20 Å². The Balaban J connectivity index is 2.90.